The van der Waals surface area contributed by atoms with Crippen LogP contribution in [0.5, 0.6) is 5.75 Å². The van der Waals surface area contributed by atoms with Crippen LogP contribution in [0.2, 0.25) is 0 Å². The molecule has 2 aliphatic carbocycles. The summed E-state index contributed by atoms with van der Waals surface area (Å²) in [5, 5.41) is 15.9. The summed E-state index contributed by atoms with van der Waals surface area (Å²) < 4.78 is 5.34. The molecule has 0 bridgehead atoms. The number of rotatable bonds is 10. The van der Waals surface area contributed by atoms with Crippen molar-refractivity contribution in [3.63, 3.8) is 0 Å². The van der Waals surface area contributed by atoms with E-state index in [-0.39, 0.29) is 36.6 Å². The Labute approximate surface area is 218 Å². The van der Waals surface area contributed by atoms with E-state index >= 15 is 0 Å². The van der Waals surface area contributed by atoms with Crippen molar-refractivity contribution in [1.82, 2.24) is 15.5 Å². The van der Waals surface area contributed by atoms with Crippen LogP contribution in [-0.2, 0) is 19.1 Å². The first-order valence-electron chi connectivity index (χ1n) is 13.1. The lowest BCUT2D eigenvalue weighted by Gasteiger charge is -2.36. The largest absolute Gasteiger partial charge is 0.508 e. The molecule has 2 fully saturated rings. The molecule has 0 aliphatic heterocycles. The van der Waals surface area contributed by atoms with Gasteiger partial charge in [0.05, 0.1) is 0 Å². The smallest absolute Gasteiger partial charge is 0.408 e. The van der Waals surface area contributed by atoms with Crippen molar-refractivity contribution in [3.05, 3.63) is 29.8 Å². The van der Waals surface area contributed by atoms with Crippen LogP contribution >= 0.6 is 0 Å². The molecule has 1 aromatic rings. The average molecular weight is 517 g/mol. The maximum absolute atomic E-state index is 14.0. The van der Waals surface area contributed by atoms with Gasteiger partial charge in [-0.1, -0.05) is 31.4 Å². The number of nitrogens with zero attached hydrogens (tertiary/aromatic N) is 1. The van der Waals surface area contributed by atoms with Crippen LogP contribution in [0, 0.1) is 0 Å². The molecule has 5 N–H and O–H groups in total. The molecule has 10 heteroatoms. The Morgan fingerprint density at radius 2 is 1.78 bits per heavy atom. The summed E-state index contributed by atoms with van der Waals surface area (Å²) in [6, 6.07) is 3.99. The van der Waals surface area contributed by atoms with Crippen LogP contribution in [0.4, 0.5) is 4.79 Å². The summed E-state index contributed by atoms with van der Waals surface area (Å²) in [5.74, 6) is -1.46. The lowest BCUT2D eigenvalue weighted by molar-refractivity contribution is -0.143. The number of amides is 4. The molecule has 10 nitrogen and oxygen atoms in total. The summed E-state index contributed by atoms with van der Waals surface area (Å²) >= 11 is 0. The van der Waals surface area contributed by atoms with Gasteiger partial charge in [-0.15, -0.1) is 0 Å². The summed E-state index contributed by atoms with van der Waals surface area (Å²) in [7, 11) is 0. The number of ether oxygens (including phenoxy) is 1. The summed E-state index contributed by atoms with van der Waals surface area (Å²) in [4.78, 5) is 53.3. The fraction of sp³-hybridized carbons (Fsp3) is 0.630. The molecule has 37 heavy (non-hydrogen) atoms. The number of carbonyl (C=O) groups excluding carboxylic acids is 4. The molecule has 0 saturated heterocycles. The van der Waals surface area contributed by atoms with E-state index in [1.54, 1.807) is 32.9 Å². The molecule has 1 aromatic carbocycles. The van der Waals surface area contributed by atoms with Crippen LogP contribution in [-0.4, -0.2) is 57.5 Å². The van der Waals surface area contributed by atoms with E-state index in [1.807, 2.05) is 0 Å². The van der Waals surface area contributed by atoms with E-state index < -0.39 is 35.6 Å². The number of nitrogens with two attached hydrogens (primary N) is 1. The molecule has 2 aliphatic rings. The zero-order valence-corrected chi connectivity index (χ0v) is 22.0. The second-order valence-electron chi connectivity index (χ2n) is 11.0. The van der Waals surface area contributed by atoms with Crippen molar-refractivity contribution in [2.45, 2.75) is 108 Å². The molecular weight excluding hydrogens is 476 g/mol. The maximum Gasteiger partial charge on any atom is 0.408 e. The summed E-state index contributed by atoms with van der Waals surface area (Å²) in [6.45, 7) is 5.12. The number of phenols is 1. The number of primary amides is 1. The van der Waals surface area contributed by atoms with Gasteiger partial charge in [0.25, 0.3) is 0 Å². The molecule has 2 saturated carbocycles. The van der Waals surface area contributed by atoms with Crippen LogP contribution < -0.4 is 16.4 Å². The van der Waals surface area contributed by atoms with E-state index in [0.717, 1.165) is 32.1 Å². The minimum atomic E-state index is -1.12. The number of phenolic OH excluding ortho intramolecular Hbond substituents is 1. The fourth-order valence-electron chi connectivity index (χ4n) is 4.70. The van der Waals surface area contributed by atoms with Crippen LogP contribution in [0.1, 0.15) is 90.2 Å². The Balaban J connectivity index is 1.93. The minimum Gasteiger partial charge on any atom is -0.508 e. The number of aromatic hydroxyl groups is 1. The van der Waals surface area contributed by atoms with Gasteiger partial charge in [-0.2, -0.15) is 0 Å². The zero-order chi connectivity index (χ0) is 27.2. The molecule has 2 unspecified atom stereocenters. The molecule has 0 heterocycles. The zero-order valence-electron chi connectivity index (χ0n) is 22.0. The second-order valence-corrected chi connectivity index (χ2v) is 11.0. The average Bonchev–Trinajstić information content (AvgIpc) is 3.64. The van der Waals surface area contributed by atoms with Gasteiger partial charge in [0.2, 0.25) is 17.7 Å². The van der Waals surface area contributed by atoms with E-state index in [0.29, 0.717) is 18.4 Å². The second kappa shape index (κ2) is 12.3. The first-order valence-corrected chi connectivity index (χ1v) is 13.1. The molecular formula is C27H40N4O6. The highest BCUT2D eigenvalue weighted by molar-refractivity contribution is 5.93. The number of benzene rings is 1. The van der Waals surface area contributed by atoms with Crippen LogP contribution in [0.25, 0.3) is 0 Å². The number of carbonyl (C=O) groups is 4. The van der Waals surface area contributed by atoms with Gasteiger partial charge in [0.1, 0.15) is 23.4 Å². The maximum atomic E-state index is 14.0. The highest BCUT2D eigenvalue weighted by Gasteiger charge is 2.44. The third-order valence-electron chi connectivity index (χ3n) is 6.53. The predicted octanol–water partition coefficient (Wildman–Crippen LogP) is 3.03. The summed E-state index contributed by atoms with van der Waals surface area (Å²) in [5.41, 5.74) is 5.02. The lowest BCUT2D eigenvalue weighted by Crippen LogP contribution is -2.54. The van der Waals surface area contributed by atoms with Gasteiger partial charge < -0.3 is 31.1 Å². The number of hydrogen-bond donors (Lipinski definition) is 4. The molecule has 0 aromatic heterocycles. The number of alkyl carbamates (subject to hydrolysis) is 1. The molecule has 4 amide bonds. The Kier molecular flexibility index (Phi) is 9.39. The first-order chi connectivity index (χ1) is 17.4. The van der Waals surface area contributed by atoms with E-state index in [4.69, 9.17) is 10.5 Å². The molecule has 3 rings (SSSR count). The van der Waals surface area contributed by atoms with Gasteiger partial charge >= 0.3 is 6.09 Å². The quantitative estimate of drug-likeness (QED) is 0.375. The van der Waals surface area contributed by atoms with Gasteiger partial charge in [-0.05, 0) is 70.6 Å². The third kappa shape index (κ3) is 8.65. The van der Waals surface area contributed by atoms with Gasteiger partial charge in [-0.3, -0.25) is 14.4 Å². The van der Waals surface area contributed by atoms with E-state index in [9.17, 15) is 24.3 Å². The van der Waals surface area contributed by atoms with Gasteiger partial charge in [0.15, 0.2) is 0 Å². The van der Waals surface area contributed by atoms with Crippen molar-refractivity contribution < 1.29 is 29.0 Å². The van der Waals surface area contributed by atoms with Crippen LogP contribution in [0.3, 0.4) is 0 Å². The predicted molar refractivity (Wildman–Crippen MR) is 137 cm³/mol. The van der Waals surface area contributed by atoms with Crippen molar-refractivity contribution >= 4 is 23.8 Å². The van der Waals surface area contributed by atoms with Crippen molar-refractivity contribution in [2.24, 2.45) is 5.73 Å². The van der Waals surface area contributed by atoms with Gasteiger partial charge in [-0.25, -0.2) is 4.79 Å². The summed E-state index contributed by atoms with van der Waals surface area (Å²) in [6.07, 6.45) is 5.38. The standard InChI is InChI=1S/C27H40N4O6/c1-27(2,3)37-26(36)30-21(14-15-22(28)33)25(35)31(19-12-13-19)23(17-8-7-11-20(32)16-17)24(34)29-18-9-5-4-6-10-18/h7-8,11,16,18-19,21,23,32H,4-6,9-10,12-15H2,1-3H3,(H2,28,33)(H,29,34)(H,30,36). The Hall–Kier alpha value is -3.30. The Morgan fingerprint density at radius 3 is 2.35 bits per heavy atom. The molecule has 0 radical (unpaired) electrons. The monoisotopic (exact) mass is 516 g/mol. The van der Waals surface area contributed by atoms with Crippen molar-refractivity contribution in [2.75, 3.05) is 0 Å². The Morgan fingerprint density at radius 1 is 1.11 bits per heavy atom. The third-order valence-corrected chi connectivity index (χ3v) is 6.53. The molecule has 204 valence electrons. The fourth-order valence-corrected chi connectivity index (χ4v) is 4.70. The number of hydrogen-bond acceptors (Lipinski definition) is 6. The molecule has 0 spiro atoms. The van der Waals surface area contributed by atoms with E-state index in [1.165, 1.54) is 17.0 Å². The first kappa shape index (κ1) is 28.3. The topological polar surface area (TPSA) is 151 Å². The van der Waals surface area contributed by atoms with Crippen molar-refractivity contribution in [3.8, 4) is 5.75 Å². The lowest BCUT2D eigenvalue weighted by atomic mass is 9.94. The highest BCUT2D eigenvalue weighted by Crippen LogP contribution is 2.37. The van der Waals surface area contributed by atoms with E-state index in [2.05, 4.69) is 10.6 Å². The Bertz CT molecular complexity index is 981. The van der Waals surface area contributed by atoms with Crippen LogP contribution in [0.15, 0.2) is 24.3 Å². The van der Waals surface area contributed by atoms with Crippen molar-refractivity contribution in [1.29, 1.82) is 0 Å². The minimum absolute atomic E-state index is 0.0164. The highest BCUT2D eigenvalue weighted by atomic mass is 16.6. The molecule has 2 atom stereocenters. The van der Waals surface area contributed by atoms with Gasteiger partial charge in [0, 0.05) is 18.5 Å². The normalized spacial score (nSPS) is 17.8. The number of nitrogens with one attached hydrogen (secondary N) is 2. The SMILES string of the molecule is CC(C)(C)OC(=O)NC(CCC(N)=O)C(=O)N(C1CC1)C(C(=O)NC1CCCCC1)c1cccc(O)c1.